The maximum atomic E-state index is 9.03. The summed E-state index contributed by atoms with van der Waals surface area (Å²) in [5.74, 6) is 2.66. The van der Waals surface area contributed by atoms with Crippen LogP contribution < -0.4 is 10.1 Å². The van der Waals surface area contributed by atoms with Crippen molar-refractivity contribution in [3.05, 3.63) is 59.2 Å². The highest BCUT2D eigenvalue weighted by atomic mass is 16.5. The predicted molar refractivity (Wildman–Crippen MR) is 117 cm³/mol. The van der Waals surface area contributed by atoms with Crippen LogP contribution in [0.25, 0.3) is 17.1 Å². The van der Waals surface area contributed by atoms with Crippen molar-refractivity contribution in [1.29, 1.82) is 5.26 Å². The number of aryl methyl sites for hydroxylation is 2. The molecule has 1 N–H and O–H groups in total. The van der Waals surface area contributed by atoms with Crippen LogP contribution in [0.3, 0.4) is 0 Å². The predicted octanol–water partition coefficient (Wildman–Crippen LogP) is 3.61. The zero-order chi connectivity index (χ0) is 22.1. The van der Waals surface area contributed by atoms with Crippen LogP contribution in [0.4, 0.5) is 11.6 Å². The van der Waals surface area contributed by atoms with Gasteiger partial charge in [-0.25, -0.2) is 14.6 Å². The number of nitriles is 1. The lowest BCUT2D eigenvalue weighted by atomic mass is 10.1. The fourth-order valence-electron chi connectivity index (χ4n) is 3.65. The number of hydrogen-bond donors (Lipinski definition) is 1. The van der Waals surface area contributed by atoms with Crippen LogP contribution in [0.15, 0.2) is 36.7 Å². The van der Waals surface area contributed by atoms with E-state index < -0.39 is 0 Å². The zero-order valence-electron chi connectivity index (χ0n) is 18.0. The molecule has 4 aromatic rings. The molecule has 9 heteroatoms. The van der Waals surface area contributed by atoms with E-state index in [1.807, 2.05) is 50.7 Å². The van der Waals surface area contributed by atoms with E-state index in [9.17, 15) is 0 Å². The molecule has 0 fully saturated rings. The SMILES string of the molecule is COc1c(C)nn(-c2cc(Nc3nn(C)c(-c4ccc(C#N)cc4)c3C)ncn2)c1C. The Morgan fingerprint density at radius 3 is 2.45 bits per heavy atom. The minimum atomic E-state index is 0.601. The molecule has 0 spiro atoms. The van der Waals surface area contributed by atoms with Gasteiger partial charge >= 0.3 is 0 Å². The number of methoxy groups -OCH3 is 1. The number of hydrogen-bond acceptors (Lipinski definition) is 7. The van der Waals surface area contributed by atoms with Crippen molar-refractivity contribution >= 4 is 11.6 Å². The summed E-state index contributed by atoms with van der Waals surface area (Å²) in [6.45, 7) is 5.82. The third kappa shape index (κ3) is 3.59. The fraction of sp³-hybridized carbons (Fsp3) is 0.227. The van der Waals surface area contributed by atoms with Crippen molar-refractivity contribution in [3.8, 4) is 28.9 Å². The second kappa shape index (κ2) is 7.91. The van der Waals surface area contributed by atoms with Crippen LogP contribution in [-0.2, 0) is 7.05 Å². The van der Waals surface area contributed by atoms with Crippen LogP contribution in [0, 0.1) is 32.1 Å². The molecule has 156 valence electrons. The summed E-state index contributed by atoms with van der Waals surface area (Å²) >= 11 is 0. The molecular formula is C22H22N8O. The summed E-state index contributed by atoms with van der Waals surface area (Å²) in [6, 6.07) is 11.4. The van der Waals surface area contributed by atoms with Gasteiger partial charge in [0.15, 0.2) is 17.4 Å². The molecule has 0 atom stereocenters. The quantitative estimate of drug-likeness (QED) is 0.531. The highest BCUT2D eigenvalue weighted by Gasteiger charge is 2.17. The zero-order valence-corrected chi connectivity index (χ0v) is 18.0. The van der Waals surface area contributed by atoms with E-state index in [4.69, 9.17) is 10.00 Å². The monoisotopic (exact) mass is 414 g/mol. The number of nitrogens with one attached hydrogen (secondary N) is 1. The van der Waals surface area contributed by atoms with Gasteiger partial charge < -0.3 is 10.1 Å². The highest BCUT2D eigenvalue weighted by Crippen LogP contribution is 2.30. The van der Waals surface area contributed by atoms with Gasteiger partial charge in [-0.15, -0.1) is 0 Å². The highest BCUT2D eigenvalue weighted by molar-refractivity contribution is 5.72. The molecule has 31 heavy (non-hydrogen) atoms. The molecular weight excluding hydrogens is 392 g/mol. The molecule has 0 radical (unpaired) electrons. The van der Waals surface area contributed by atoms with Gasteiger partial charge in [-0.05, 0) is 32.9 Å². The van der Waals surface area contributed by atoms with E-state index in [1.54, 1.807) is 23.9 Å². The average molecular weight is 414 g/mol. The molecule has 0 aliphatic rings. The molecule has 0 aliphatic heterocycles. The first-order valence-electron chi connectivity index (χ1n) is 9.66. The van der Waals surface area contributed by atoms with Crippen molar-refractivity contribution in [2.24, 2.45) is 7.05 Å². The van der Waals surface area contributed by atoms with E-state index in [2.05, 4.69) is 31.6 Å². The maximum Gasteiger partial charge on any atom is 0.163 e. The third-order valence-electron chi connectivity index (χ3n) is 5.12. The Morgan fingerprint density at radius 2 is 1.81 bits per heavy atom. The Hall–Kier alpha value is -4.19. The lowest BCUT2D eigenvalue weighted by Crippen LogP contribution is -2.05. The lowest BCUT2D eigenvalue weighted by molar-refractivity contribution is 0.408. The van der Waals surface area contributed by atoms with E-state index in [0.717, 1.165) is 34.0 Å². The van der Waals surface area contributed by atoms with Crippen molar-refractivity contribution in [1.82, 2.24) is 29.5 Å². The van der Waals surface area contributed by atoms with Crippen molar-refractivity contribution in [2.45, 2.75) is 20.8 Å². The van der Waals surface area contributed by atoms with E-state index >= 15 is 0 Å². The Labute approximate surface area is 180 Å². The van der Waals surface area contributed by atoms with Crippen LogP contribution in [0.1, 0.15) is 22.5 Å². The van der Waals surface area contributed by atoms with Gasteiger partial charge in [0, 0.05) is 24.2 Å². The van der Waals surface area contributed by atoms with Gasteiger partial charge in [0.1, 0.15) is 17.8 Å². The normalized spacial score (nSPS) is 10.7. The van der Waals surface area contributed by atoms with Crippen LogP contribution in [0.2, 0.25) is 0 Å². The Balaban J connectivity index is 1.66. The molecule has 1 aromatic carbocycles. The first-order valence-corrected chi connectivity index (χ1v) is 9.66. The maximum absolute atomic E-state index is 9.03. The van der Waals surface area contributed by atoms with Gasteiger partial charge in [-0.1, -0.05) is 12.1 Å². The lowest BCUT2D eigenvalue weighted by Gasteiger charge is -2.07. The molecule has 0 bridgehead atoms. The summed E-state index contributed by atoms with van der Waals surface area (Å²) in [5, 5.41) is 21.4. The summed E-state index contributed by atoms with van der Waals surface area (Å²) in [4.78, 5) is 8.69. The largest absolute Gasteiger partial charge is 0.493 e. The number of anilines is 2. The van der Waals surface area contributed by atoms with Crippen LogP contribution >= 0.6 is 0 Å². The minimum Gasteiger partial charge on any atom is -0.493 e. The smallest absolute Gasteiger partial charge is 0.163 e. The topological polar surface area (TPSA) is 106 Å². The summed E-state index contributed by atoms with van der Waals surface area (Å²) in [7, 11) is 3.52. The van der Waals surface area contributed by atoms with Gasteiger partial charge in [-0.3, -0.25) is 4.68 Å². The first kappa shape index (κ1) is 20.1. The second-order valence-corrected chi connectivity index (χ2v) is 7.14. The molecule has 0 saturated carbocycles. The minimum absolute atomic E-state index is 0.601. The Bertz CT molecular complexity index is 1290. The Morgan fingerprint density at radius 1 is 1.06 bits per heavy atom. The summed E-state index contributed by atoms with van der Waals surface area (Å²) < 4.78 is 8.96. The number of ether oxygens (including phenoxy) is 1. The van der Waals surface area contributed by atoms with E-state index in [1.165, 1.54) is 6.33 Å². The molecule has 0 unspecified atom stereocenters. The molecule has 9 nitrogen and oxygen atoms in total. The standard InChI is InChI=1S/C22H22N8O/c1-13-20(17-8-6-16(11-23)7-9-17)29(4)28-22(13)26-18-10-19(25-12-24-18)30-15(3)21(31-5)14(2)27-30/h6-10,12H,1-5H3,(H,24,25,26,28). The fourth-order valence-corrected chi connectivity index (χ4v) is 3.65. The number of aromatic nitrogens is 6. The summed E-state index contributed by atoms with van der Waals surface area (Å²) in [6.07, 6.45) is 1.49. The molecule has 3 aromatic heterocycles. The molecule has 0 amide bonds. The van der Waals surface area contributed by atoms with Crippen molar-refractivity contribution < 1.29 is 4.74 Å². The summed E-state index contributed by atoms with van der Waals surface area (Å²) in [5.41, 5.74) is 5.20. The molecule has 3 heterocycles. The number of rotatable bonds is 5. The first-order chi connectivity index (χ1) is 14.9. The average Bonchev–Trinajstić information content (AvgIpc) is 3.22. The van der Waals surface area contributed by atoms with Gasteiger partial charge in [0.2, 0.25) is 0 Å². The molecule has 4 rings (SSSR count). The van der Waals surface area contributed by atoms with Crippen molar-refractivity contribution in [2.75, 3.05) is 12.4 Å². The van der Waals surface area contributed by atoms with Gasteiger partial charge in [0.25, 0.3) is 0 Å². The number of benzene rings is 1. The Kier molecular flexibility index (Phi) is 5.13. The molecule has 0 aliphatic carbocycles. The van der Waals surface area contributed by atoms with Gasteiger partial charge in [0.05, 0.1) is 30.1 Å². The van der Waals surface area contributed by atoms with Crippen molar-refractivity contribution in [3.63, 3.8) is 0 Å². The third-order valence-corrected chi connectivity index (χ3v) is 5.12. The molecule has 0 saturated heterocycles. The van der Waals surface area contributed by atoms with Gasteiger partial charge in [-0.2, -0.15) is 15.5 Å². The van der Waals surface area contributed by atoms with Crippen LogP contribution in [-0.4, -0.2) is 36.6 Å². The second-order valence-electron chi connectivity index (χ2n) is 7.14. The van der Waals surface area contributed by atoms with E-state index in [0.29, 0.717) is 23.0 Å². The number of nitrogens with zero attached hydrogens (tertiary/aromatic N) is 7. The van der Waals surface area contributed by atoms with E-state index in [-0.39, 0.29) is 0 Å². The van der Waals surface area contributed by atoms with Crippen LogP contribution in [0.5, 0.6) is 5.75 Å².